The van der Waals surface area contributed by atoms with Gasteiger partial charge in [-0.1, -0.05) is 17.7 Å². The lowest BCUT2D eigenvalue weighted by molar-refractivity contribution is -0.138. The second kappa shape index (κ2) is 10.5. The molecule has 2 aromatic rings. The first kappa shape index (κ1) is 24.8. The first-order valence-corrected chi connectivity index (χ1v) is 11.9. The van der Waals surface area contributed by atoms with Crippen LogP contribution >= 0.6 is 11.6 Å². The van der Waals surface area contributed by atoms with Crippen LogP contribution in [-0.2, 0) is 20.9 Å². The van der Waals surface area contributed by atoms with Crippen molar-refractivity contribution in [3.05, 3.63) is 80.9 Å². The number of allylic oxidation sites excluding steroid dienone is 3. The number of benzene rings is 2. The van der Waals surface area contributed by atoms with Crippen LogP contribution in [0.2, 0.25) is 5.02 Å². The number of halogens is 2. The van der Waals surface area contributed by atoms with E-state index in [2.05, 4.69) is 5.32 Å². The molecule has 8 heteroatoms. The lowest BCUT2D eigenvalue weighted by Crippen LogP contribution is -2.34. The molecule has 0 saturated heterocycles. The van der Waals surface area contributed by atoms with Crippen LogP contribution in [0.5, 0.6) is 11.5 Å². The van der Waals surface area contributed by atoms with Crippen LogP contribution in [0.3, 0.4) is 0 Å². The first-order chi connectivity index (χ1) is 16.8. The van der Waals surface area contributed by atoms with Crippen molar-refractivity contribution < 1.29 is 28.2 Å². The van der Waals surface area contributed by atoms with Crippen molar-refractivity contribution in [2.45, 2.75) is 45.6 Å². The largest absolute Gasteiger partial charge is 0.496 e. The highest BCUT2D eigenvalue weighted by molar-refractivity contribution is 6.30. The normalized spacial score (nSPS) is 17.6. The molecule has 35 heavy (non-hydrogen) atoms. The fourth-order valence-corrected chi connectivity index (χ4v) is 4.79. The summed E-state index contributed by atoms with van der Waals surface area (Å²) in [5.74, 6) is -0.545. The van der Waals surface area contributed by atoms with Crippen molar-refractivity contribution in [3.8, 4) is 11.5 Å². The maximum Gasteiger partial charge on any atom is 0.336 e. The smallest absolute Gasteiger partial charge is 0.336 e. The van der Waals surface area contributed by atoms with Gasteiger partial charge >= 0.3 is 5.97 Å². The number of esters is 1. The molecule has 0 bridgehead atoms. The zero-order valence-electron chi connectivity index (χ0n) is 19.9. The van der Waals surface area contributed by atoms with Crippen LogP contribution in [-0.4, -0.2) is 25.5 Å². The standard InChI is InChI=1S/C27H27ClFNO5/c1-4-34-27(32)24-15(2)30-21-6-5-7-22(31)26(21)25(24)16-8-11-23(33-3)17(12-16)14-35-18-9-10-20(29)19(28)13-18/h8-13,25,30H,4-7,14H2,1-3H3/t25-/m1/s1. The van der Waals surface area contributed by atoms with Gasteiger partial charge in [0.05, 0.1) is 24.3 Å². The number of hydrogen-bond donors (Lipinski definition) is 1. The minimum atomic E-state index is -0.567. The van der Waals surface area contributed by atoms with E-state index in [0.717, 1.165) is 24.1 Å². The number of carbonyl (C=O) groups is 2. The number of carbonyl (C=O) groups excluding carboxylic acids is 2. The van der Waals surface area contributed by atoms with Gasteiger partial charge in [0.1, 0.15) is 23.9 Å². The molecule has 0 spiro atoms. The van der Waals surface area contributed by atoms with Gasteiger partial charge in [-0.05, 0) is 56.5 Å². The Bertz CT molecular complexity index is 1240. The second-order valence-electron chi connectivity index (χ2n) is 8.42. The molecule has 0 aromatic heterocycles. The number of nitrogens with one attached hydrogen (secondary N) is 1. The van der Waals surface area contributed by atoms with Crippen molar-refractivity contribution in [1.82, 2.24) is 5.32 Å². The van der Waals surface area contributed by atoms with E-state index >= 15 is 0 Å². The Morgan fingerprint density at radius 3 is 2.71 bits per heavy atom. The third kappa shape index (κ3) is 5.05. The van der Waals surface area contributed by atoms with Crippen molar-refractivity contribution in [2.24, 2.45) is 0 Å². The number of ketones is 1. The van der Waals surface area contributed by atoms with Crippen molar-refractivity contribution in [1.29, 1.82) is 0 Å². The summed E-state index contributed by atoms with van der Waals surface area (Å²) in [6.45, 7) is 3.92. The van der Waals surface area contributed by atoms with Crippen LogP contribution in [0.25, 0.3) is 0 Å². The van der Waals surface area contributed by atoms with E-state index in [4.69, 9.17) is 25.8 Å². The molecule has 184 valence electrons. The zero-order valence-corrected chi connectivity index (χ0v) is 20.6. The Morgan fingerprint density at radius 2 is 2.00 bits per heavy atom. The molecule has 1 N–H and O–H groups in total. The van der Waals surface area contributed by atoms with Gasteiger partial charge in [-0.3, -0.25) is 4.79 Å². The number of dihydropyridines is 1. The predicted octanol–water partition coefficient (Wildman–Crippen LogP) is 5.60. The summed E-state index contributed by atoms with van der Waals surface area (Å²) in [4.78, 5) is 26.1. The highest BCUT2D eigenvalue weighted by atomic mass is 35.5. The molecule has 0 radical (unpaired) electrons. The topological polar surface area (TPSA) is 73.9 Å². The van der Waals surface area contributed by atoms with Gasteiger partial charge in [0.15, 0.2) is 5.78 Å². The van der Waals surface area contributed by atoms with Crippen molar-refractivity contribution >= 4 is 23.4 Å². The average molecular weight is 500 g/mol. The summed E-state index contributed by atoms with van der Waals surface area (Å²) in [5.41, 5.74) is 4.02. The molecule has 2 aliphatic rings. The molecule has 1 aliphatic heterocycles. The van der Waals surface area contributed by atoms with E-state index in [1.807, 2.05) is 19.1 Å². The van der Waals surface area contributed by atoms with Crippen LogP contribution in [0.15, 0.2) is 58.9 Å². The van der Waals surface area contributed by atoms with Gasteiger partial charge in [-0.25, -0.2) is 9.18 Å². The van der Waals surface area contributed by atoms with Crippen LogP contribution in [0.1, 0.15) is 50.2 Å². The van der Waals surface area contributed by atoms with Crippen molar-refractivity contribution in [2.75, 3.05) is 13.7 Å². The molecule has 1 heterocycles. The van der Waals surface area contributed by atoms with E-state index in [9.17, 15) is 14.0 Å². The molecule has 1 atom stereocenters. The van der Waals surface area contributed by atoms with Gasteiger partial charge in [0, 0.05) is 40.9 Å². The van der Waals surface area contributed by atoms with Crippen LogP contribution in [0, 0.1) is 5.82 Å². The Balaban J connectivity index is 1.75. The Labute approximate surface area is 208 Å². The number of Topliss-reactive ketones (excluding diaryl/α,β-unsaturated/α-hetero) is 1. The molecule has 0 fully saturated rings. The molecule has 1 aliphatic carbocycles. The lowest BCUT2D eigenvalue weighted by Gasteiger charge is -2.34. The molecular weight excluding hydrogens is 473 g/mol. The predicted molar refractivity (Wildman–Crippen MR) is 130 cm³/mol. The summed E-state index contributed by atoms with van der Waals surface area (Å²) in [5, 5.41) is 3.24. The second-order valence-corrected chi connectivity index (χ2v) is 8.83. The molecule has 0 amide bonds. The van der Waals surface area contributed by atoms with Gasteiger partial charge in [-0.15, -0.1) is 0 Å². The Morgan fingerprint density at radius 1 is 1.20 bits per heavy atom. The van der Waals surface area contributed by atoms with E-state index < -0.39 is 17.7 Å². The summed E-state index contributed by atoms with van der Waals surface area (Å²) in [6.07, 6.45) is 1.94. The SMILES string of the molecule is CCOC(=O)C1=C(C)NC2=C(C(=O)CCC2)[C@@H]1c1ccc(OC)c(COc2ccc(F)c(Cl)c2)c1. The quantitative estimate of drug-likeness (QED) is 0.500. The summed E-state index contributed by atoms with van der Waals surface area (Å²) < 4.78 is 30.2. The van der Waals surface area contributed by atoms with Crippen LogP contribution < -0.4 is 14.8 Å². The van der Waals surface area contributed by atoms with E-state index in [1.165, 1.54) is 18.2 Å². The fourth-order valence-electron chi connectivity index (χ4n) is 4.61. The zero-order chi connectivity index (χ0) is 25.1. The van der Waals surface area contributed by atoms with E-state index in [0.29, 0.717) is 40.3 Å². The highest BCUT2D eigenvalue weighted by Gasteiger charge is 2.39. The third-order valence-corrected chi connectivity index (χ3v) is 6.48. The fraction of sp³-hybridized carbons (Fsp3) is 0.333. The lowest BCUT2D eigenvalue weighted by atomic mass is 9.75. The first-order valence-electron chi connectivity index (χ1n) is 11.5. The summed E-state index contributed by atoms with van der Waals surface area (Å²) in [7, 11) is 1.55. The van der Waals surface area contributed by atoms with Gasteiger partial charge in [0.2, 0.25) is 0 Å². The molecule has 6 nitrogen and oxygen atoms in total. The third-order valence-electron chi connectivity index (χ3n) is 6.19. The van der Waals surface area contributed by atoms with Crippen molar-refractivity contribution in [3.63, 3.8) is 0 Å². The Hall–Kier alpha value is -3.32. The number of rotatable bonds is 7. The Kier molecular flexibility index (Phi) is 7.45. The molecule has 0 unspecified atom stereocenters. The number of hydrogen-bond acceptors (Lipinski definition) is 6. The molecule has 2 aromatic carbocycles. The summed E-state index contributed by atoms with van der Waals surface area (Å²) >= 11 is 5.87. The highest BCUT2D eigenvalue weighted by Crippen LogP contribution is 2.43. The average Bonchev–Trinajstić information content (AvgIpc) is 2.84. The number of methoxy groups -OCH3 is 1. The molecule has 0 saturated carbocycles. The van der Waals surface area contributed by atoms with Gasteiger partial charge in [-0.2, -0.15) is 0 Å². The van der Waals surface area contributed by atoms with Gasteiger partial charge < -0.3 is 19.5 Å². The maximum absolute atomic E-state index is 13.5. The molecular formula is C27H27ClFNO5. The van der Waals surface area contributed by atoms with E-state index in [1.54, 1.807) is 20.1 Å². The molecule has 4 rings (SSSR count). The maximum atomic E-state index is 13.5. The summed E-state index contributed by atoms with van der Waals surface area (Å²) in [6, 6.07) is 9.66. The minimum Gasteiger partial charge on any atom is -0.496 e. The minimum absolute atomic E-state index is 0.0209. The monoisotopic (exact) mass is 499 g/mol. The van der Waals surface area contributed by atoms with Crippen LogP contribution in [0.4, 0.5) is 4.39 Å². The van der Waals surface area contributed by atoms with E-state index in [-0.39, 0.29) is 24.0 Å². The van der Waals surface area contributed by atoms with Gasteiger partial charge in [0.25, 0.3) is 0 Å². The number of ether oxygens (including phenoxy) is 3.